The number of nitrogens with one attached hydrogen (secondary N) is 1. The van der Waals surface area contributed by atoms with Crippen LogP contribution in [0.5, 0.6) is 17.2 Å². The van der Waals surface area contributed by atoms with E-state index in [1.165, 1.54) is 13.2 Å². The van der Waals surface area contributed by atoms with Gasteiger partial charge in [0.05, 0.1) is 11.6 Å². The van der Waals surface area contributed by atoms with Gasteiger partial charge in [-0.3, -0.25) is 4.79 Å². The maximum absolute atomic E-state index is 12.5. The third-order valence-electron chi connectivity index (χ3n) is 3.92. The second-order valence-corrected chi connectivity index (χ2v) is 6.95. The molecule has 2 rings (SSSR count). The molecule has 2 aromatic rings. The zero-order chi connectivity index (χ0) is 20.7. The summed E-state index contributed by atoms with van der Waals surface area (Å²) < 4.78 is 40.9. The van der Waals surface area contributed by atoms with E-state index in [1.54, 1.807) is 25.1 Å². The molecule has 0 fully saturated rings. The van der Waals surface area contributed by atoms with Gasteiger partial charge in [-0.15, -0.1) is 0 Å². The number of aryl methyl sites for hydroxylation is 1. The molecule has 1 unspecified atom stereocenters. The van der Waals surface area contributed by atoms with Crippen molar-refractivity contribution in [2.75, 3.05) is 13.7 Å². The molecule has 0 spiro atoms. The van der Waals surface area contributed by atoms with Crippen molar-refractivity contribution >= 4 is 21.8 Å². The fourth-order valence-corrected chi connectivity index (χ4v) is 3.07. The first-order valence-corrected chi connectivity index (χ1v) is 9.41. The number of hydrogen-bond donors (Lipinski definition) is 1. The van der Waals surface area contributed by atoms with Gasteiger partial charge in [-0.1, -0.05) is 12.1 Å². The number of carbonyl (C=O) groups is 1. The Balaban J connectivity index is 1.89. The zero-order valence-corrected chi connectivity index (χ0v) is 17.4. The van der Waals surface area contributed by atoms with Gasteiger partial charge in [0.1, 0.15) is 5.75 Å². The molecule has 28 heavy (non-hydrogen) atoms. The van der Waals surface area contributed by atoms with Crippen molar-refractivity contribution in [2.45, 2.75) is 33.0 Å². The lowest BCUT2D eigenvalue weighted by Gasteiger charge is -2.16. The summed E-state index contributed by atoms with van der Waals surface area (Å²) in [7, 11) is 1.38. The van der Waals surface area contributed by atoms with Gasteiger partial charge in [0.15, 0.2) is 17.6 Å². The molecule has 1 atom stereocenters. The van der Waals surface area contributed by atoms with Crippen LogP contribution in [0.4, 0.5) is 8.78 Å². The number of amides is 1. The minimum absolute atomic E-state index is 0.0396. The highest BCUT2D eigenvalue weighted by Crippen LogP contribution is 2.29. The van der Waals surface area contributed by atoms with Crippen LogP contribution in [-0.2, 0) is 11.2 Å². The zero-order valence-electron chi connectivity index (χ0n) is 15.8. The van der Waals surface area contributed by atoms with E-state index in [0.717, 1.165) is 15.6 Å². The number of rotatable bonds is 9. The SMILES string of the molecule is COc1ccc(CCNC(=O)C(C)Oc2ccc(C)cc2Br)cc1OC(F)F. The minimum atomic E-state index is -2.94. The molecule has 5 nitrogen and oxygen atoms in total. The maximum atomic E-state index is 12.5. The molecule has 0 heterocycles. The maximum Gasteiger partial charge on any atom is 0.387 e. The van der Waals surface area contributed by atoms with Crippen LogP contribution in [0, 0.1) is 6.92 Å². The number of methoxy groups -OCH3 is 1. The normalized spacial score (nSPS) is 11.8. The fourth-order valence-electron chi connectivity index (χ4n) is 2.48. The van der Waals surface area contributed by atoms with Crippen molar-refractivity contribution in [1.29, 1.82) is 0 Å². The summed E-state index contributed by atoms with van der Waals surface area (Å²) in [5.74, 6) is 0.489. The van der Waals surface area contributed by atoms with E-state index in [1.807, 2.05) is 19.1 Å². The van der Waals surface area contributed by atoms with Crippen LogP contribution in [-0.4, -0.2) is 32.3 Å². The Morgan fingerprint density at radius 2 is 1.82 bits per heavy atom. The highest BCUT2D eigenvalue weighted by Gasteiger charge is 2.16. The van der Waals surface area contributed by atoms with Gasteiger partial charge in [0.25, 0.3) is 5.91 Å². The van der Waals surface area contributed by atoms with E-state index in [4.69, 9.17) is 9.47 Å². The van der Waals surface area contributed by atoms with Crippen LogP contribution in [0.2, 0.25) is 0 Å². The Bertz CT molecular complexity index is 817. The van der Waals surface area contributed by atoms with Gasteiger partial charge in [-0.25, -0.2) is 0 Å². The Morgan fingerprint density at radius 3 is 2.46 bits per heavy atom. The second-order valence-electron chi connectivity index (χ2n) is 6.10. The summed E-state index contributed by atoms with van der Waals surface area (Å²) >= 11 is 3.41. The van der Waals surface area contributed by atoms with Gasteiger partial charge in [0, 0.05) is 6.54 Å². The number of halogens is 3. The molecule has 0 aliphatic carbocycles. The fraction of sp³-hybridized carbons (Fsp3) is 0.350. The lowest BCUT2D eigenvalue weighted by Crippen LogP contribution is -2.37. The number of benzene rings is 2. The van der Waals surface area contributed by atoms with Gasteiger partial charge in [0.2, 0.25) is 0 Å². The topological polar surface area (TPSA) is 56.8 Å². The molecule has 0 bridgehead atoms. The average molecular weight is 458 g/mol. The lowest BCUT2D eigenvalue weighted by molar-refractivity contribution is -0.127. The molecular formula is C20H22BrF2NO4. The molecule has 8 heteroatoms. The van der Waals surface area contributed by atoms with E-state index in [0.29, 0.717) is 18.7 Å². The molecule has 0 saturated carbocycles. The summed E-state index contributed by atoms with van der Waals surface area (Å²) in [5, 5.41) is 2.77. The summed E-state index contributed by atoms with van der Waals surface area (Å²) in [5.41, 5.74) is 1.80. The predicted octanol–water partition coefficient (Wildman–Crippen LogP) is 4.49. The minimum Gasteiger partial charge on any atom is -0.493 e. The molecule has 0 saturated heterocycles. The molecular weight excluding hydrogens is 436 g/mol. The van der Waals surface area contributed by atoms with E-state index in [9.17, 15) is 13.6 Å². The molecule has 0 aliphatic rings. The molecule has 2 aromatic carbocycles. The van der Waals surface area contributed by atoms with Crippen LogP contribution < -0.4 is 19.5 Å². The number of ether oxygens (including phenoxy) is 3. The van der Waals surface area contributed by atoms with E-state index in [2.05, 4.69) is 26.0 Å². The Morgan fingerprint density at radius 1 is 1.11 bits per heavy atom. The van der Waals surface area contributed by atoms with Crippen molar-refractivity contribution < 1.29 is 27.8 Å². The van der Waals surface area contributed by atoms with Crippen LogP contribution >= 0.6 is 15.9 Å². The molecule has 1 N–H and O–H groups in total. The monoisotopic (exact) mass is 457 g/mol. The summed E-state index contributed by atoms with van der Waals surface area (Å²) in [4.78, 5) is 12.2. The predicted molar refractivity (Wildman–Crippen MR) is 105 cm³/mol. The number of hydrogen-bond acceptors (Lipinski definition) is 4. The van der Waals surface area contributed by atoms with Crippen molar-refractivity contribution in [1.82, 2.24) is 5.32 Å². The van der Waals surface area contributed by atoms with Crippen LogP contribution in [0.25, 0.3) is 0 Å². The Kier molecular flexibility index (Phi) is 8.04. The van der Waals surface area contributed by atoms with E-state index < -0.39 is 12.7 Å². The quantitative estimate of drug-likeness (QED) is 0.602. The Labute approximate surface area is 171 Å². The number of alkyl halides is 2. The van der Waals surface area contributed by atoms with Crippen LogP contribution in [0.1, 0.15) is 18.1 Å². The molecule has 0 radical (unpaired) electrons. The molecule has 1 amide bonds. The average Bonchev–Trinajstić information content (AvgIpc) is 2.63. The van der Waals surface area contributed by atoms with E-state index >= 15 is 0 Å². The first kappa shape index (κ1) is 21.9. The van der Waals surface area contributed by atoms with Crippen LogP contribution in [0.3, 0.4) is 0 Å². The van der Waals surface area contributed by atoms with Gasteiger partial charge >= 0.3 is 6.61 Å². The first-order chi connectivity index (χ1) is 13.3. The van der Waals surface area contributed by atoms with Gasteiger partial charge < -0.3 is 19.5 Å². The first-order valence-electron chi connectivity index (χ1n) is 8.62. The van der Waals surface area contributed by atoms with E-state index in [-0.39, 0.29) is 17.4 Å². The molecule has 0 aliphatic heterocycles. The van der Waals surface area contributed by atoms with Crippen molar-refractivity contribution in [3.8, 4) is 17.2 Å². The highest BCUT2D eigenvalue weighted by atomic mass is 79.9. The summed E-state index contributed by atoms with van der Waals surface area (Å²) in [6.45, 7) is 0.996. The van der Waals surface area contributed by atoms with Crippen molar-refractivity contribution in [2.24, 2.45) is 0 Å². The van der Waals surface area contributed by atoms with Gasteiger partial charge in [-0.05, 0) is 71.6 Å². The van der Waals surface area contributed by atoms with Crippen molar-refractivity contribution in [3.05, 3.63) is 52.0 Å². The second kappa shape index (κ2) is 10.3. The third-order valence-corrected chi connectivity index (χ3v) is 4.54. The summed E-state index contributed by atoms with van der Waals surface area (Å²) in [6, 6.07) is 10.4. The standard InChI is InChI=1S/C20H22BrF2NO4/c1-12-4-6-16(15(21)10-12)27-13(2)19(25)24-9-8-14-5-7-17(26-3)18(11-14)28-20(22)23/h4-7,10-11,13,20H,8-9H2,1-3H3,(H,24,25). The van der Waals surface area contributed by atoms with Crippen LogP contribution in [0.15, 0.2) is 40.9 Å². The largest absolute Gasteiger partial charge is 0.493 e. The smallest absolute Gasteiger partial charge is 0.387 e. The molecule has 152 valence electrons. The Hall–Kier alpha value is -2.35. The van der Waals surface area contributed by atoms with Crippen molar-refractivity contribution in [3.63, 3.8) is 0 Å². The summed E-state index contributed by atoms with van der Waals surface area (Å²) in [6.07, 6.45) is -0.247. The van der Waals surface area contributed by atoms with Gasteiger partial charge in [-0.2, -0.15) is 8.78 Å². The highest BCUT2D eigenvalue weighted by molar-refractivity contribution is 9.10. The molecule has 0 aromatic heterocycles. The third kappa shape index (κ3) is 6.37. The lowest BCUT2D eigenvalue weighted by atomic mass is 10.1. The number of carbonyl (C=O) groups excluding carboxylic acids is 1.